The molecule has 0 heterocycles. The van der Waals surface area contributed by atoms with E-state index in [1.54, 1.807) is 13.8 Å². The van der Waals surface area contributed by atoms with Gasteiger partial charge in [-0.05, 0) is 39.0 Å². The van der Waals surface area contributed by atoms with E-state index in [4.69, 9.17) is 5.73 Å². The smallest absolute Gasteiger partial charge is 0.152 e. The minimum atomic E-state index is -2.87. The summed E-state index contributed by atoms with van der Waals surface area (Å²) in [7, 11) is -2.87. The van der Waals surface area contributed by atoms with Crippen LogP contribution >= 0.6 is 0 Å². The molecule has 2 unspecified atom stereocenters. The fourth-order valence-corrected chi connectivity index (χ4v) is 3.47. The molecule has 0 aromatic carbocycles. The van der Waals surface area contributed by atoms with Crippen LogP contribution in [0.2, 0.25) is 0 Å². The fourth-order valence-electron chi connectivity index (χ4n) is 2.33. The van der Waals surface area contributed by atoms with Crippen LogP contribution in [0.3, 0.4) is 0 Å². The highest BCUT2D eigenvalue weighted by molar-refractivity contribution is 7.91. The van der Waals surface area contributed by atoms with Crippen LogP contribution in [-0.2, 0) is 9.84 Å². The van der Waals surface area contributed by atoms with Crippen molar-refractivity contribution in [3.05, 3.63) is 0 Å². The molecule has 1 aliphatic rings. The van der Waals surface area contributed by atoms with E-state index in [9.17, 15) is 8.42 Å². The average molecular weight is 247 g/mol. The van der Waals surface area contributed by atoms with E-state index in [2.05, 4.69) is 0 Å². The van der Waals surface area contributed by atoms with Gasteiger partial charge in [-0.15, -0.1) is 0 Å². The van der Waals surface area contributed by atoms with E-state index < -0.39 is 9.84 Å². The number of rotatable bonds is 4. The van der Waals surface area contributed by atoms with E-state index in [0.717, 1.165) is 25.7 Å². The van der Waals surface area contributed by atoms with Gasteiger partial charge in [0, 0.05) is 6.04 Å². The Morgan fingerprint density at radius 1 is 1.25 bits per heavy atom. The molecular formula is C12H25NO2S. The predicted molar refractivity (Wildman–Crippen MR) is 68.1 cm³/mol. The molecule has 0 aromatic rings. The molecule has 2 N–H and O–H groups in total. The second-order valence-corrected chi connectivity index (χ2v) is 8.03. The van der Waals surface area contributed by atoms with Crippen molar-refractivity contribution in [3.63, 3.8) is 0 Å². The Morgan fingerprint density at radius 3 is 2.50 bits per heavy atom. The van der Waals surface area contributed by atoms with Gasteiger partial charge in [0.25, 0.3) is 0 Å². The number of hydrogen-bond acceptors (Lipinski definition) is 3. The molecule has 0 bridgehead atoms. The van der Waals surface area contributed by atoms with Crippen LogP contribution in [0.1, 0.15) is 52.4 Å². The number of hydrogen-bond donors (Lipinski definition) is 1. The largest absolute Gasteiger partial charge is 0.328 e. The van der Waals surface area contributed by atoms with Crippen LogP contribution in [0, 0.1) is 5.92 Å². The van der Waals surface area contributed by atoms with E-state index >= 15 is 0 Å². The summed E-state index contributed by atoms with van der Waals surface area (Å²) in [6.45, 7) is 3.52. The minimum absolute atomic E-state index is 0.244. The maximum Gasteiger partial charge on any atom is 0.152 e. The zero-order chi connectivity index (χ0) is 12.2. The van der Waals surface area contributed by atoms with E-state index in [1.807, 2.05) is 0 Å². The van der Waals surface area contributed by atoms with Gasteiger partial charge in [-0.1, -0.05) is 19.3 Å². The lowest BCUT2D eigenvalue weighted by Crippen LogP contribution is -2.24. The van der Waals surface area contributed by atoms with Gasteiger partial charge in [0.1, 0.15) is 0 Å². The van der Waals surface area contributed by atoms with Crippen molar-refractivity contribution in [2.45, 2.75) is 63.7 Å². The molecule has 0 saturated heterocycles. The zero-order valence-electron chi connectivity index (χ0n) is 10.5. The highest BCUT2D eigenvalue weighted by Crippen LogP contribution is 2.25. The van der Waals surface area contributed by atoms with Crippen molar-refractivity contribution in [2.24, 2.45) is 11.7 Å². The lowest BCUT2D eigenvalue weighted by Gasteiger charge is -2.17. The van der Waals surface area contributed by atoms with E-state index in [-0.39, 0.29) is 11.3 Å². The van der Waals surface area contributed by atoms with Gasteiger partial charge in [-0.2, -0.15) is 0 Å². The minimum Gasteiger partial charge on any atom is -0.328 e. The second-order valence-electron chi connectivity index (χ2n) is 5.35. The molecule has 3 nitrogen and oxygen atoms in total. The van der Waals surface area contributed by atoms with Crippen LogP contribution < -0.4 is 5.73 Å². The van der Waals surface area contributed by atoms with Gasteiger partial charge in [0.2, 0.25) is 0 Å². The summed E-state index contributed by atoms with van der Waals surface area (Å²) >= 11 is 0. The van der Waals surface area contributed by atoms with Gasteiger partial charge in [-0.3, -0.25) is 0 Å². The Balaban J connectivity index is 2.42. The van der Waals surface area contributed by atoms with Crippen LogP contribution in [-0.4, -0.2) is 25.5 Å². The molecule has 0 aliphatic heterocycles. The van der Waals surface area contributed by atoms with Crippen LogP contribution in [0.4, 0.5) is 0 Å². The average Bonchev–Trinajstić information content (AvgIpc) is 2.39. The molecule has 16 heavy (non-hydrogen) atoms. The zero-order valence-corrected chi connectivity index (χ0v) is 11.3. The summed E-state index contributed by atoms with van der Waals surface area (Å²) in [4.78, 5) is 0. The lowest BCUT2D eigenvalue weighted by molar-refractivity contribution is 0.420. The quantitative estimate of drug-likeness (QED) is 0.774. The molecule has 0 amide bonds. The van der Waals surface area contributed by atoms with Crippen molar-refractivity contribution in [1.82, 2.24) is 0 Å². The third-order valence-electron chi connectivity index (χ3n) is 3.60. The normalized spacial score (nSPS) is 28.0. The van der Waals surface area contributed by atoms with Crippen molar-refractivity contribution >= 4 is 9.84 Å². The summed E-state index contributed by atoms with van der Waals surface area (Å²) in [5.41, 5.74) is 5.97. The summed E-state index contributed by atoms with van der Waals surface area (Å²) in [5, 5.41) is -0.244. The molecule has 0 radical (unpaired) electrons. The first-order valence-corrected chi connectivity index (χ1v) is 8.10. The Morgan fingerprint density at radius 2 is 1.88 bits per heavy atom. The molecule has 1 saturated carbocycles. The molecule has 2 atom stereocenters. The monoisotopic (exact) mass is 247 g/mol. The summed E-state index contributed by atoms with van der Waals surface area (Å²) in [6, 6.07) is 0.286. The maximum atomic E-state index is 11.7. The Bertz CT molecular complexity index is 298. The van der Waals surface area contributed by atoms with Crippen LogP contribution in [0.15, 0.2) is 0 Å². The fraction of sp³-hybridized carbons (Fsp3) is 1.00. The van der Waals surface area contributed by atoms with Crippen LogP contribution in [0.5, 0.6) is 0 Å². The Kier molecular flexibility index (Phi) is 5.25. The van der Waals surface area contributed by atoms with E-state index in [0.29, 0.717) is 11.7 Å². The Hall–Kier alpha value is -0.0900. The number of sulfone groups is 1. The molecule has 0 aromatic heterocycles. The van der Waals surface area contributed by atoms with Gasteiger partial charge in [-0.25, -0.2) is 8.42 Å². The maximum absolute atomic E-state index is 11.7. The first-order chi connectivity index (χ1) is 7.42. The molecule has 4 heteroatoms. The van der Waals surface area contributed by atoms with Crippen molar-refractivity contribution in [1.29, 1.82) is 0 Å². The first kappa shape index (κ1) is 14.0. The number of nitrogens with two attached hydrogens (primary N) is 1. The van der Waals surface area contributed by atoms with E-state index in [1.165, 1.54) is 12.8 Å². The van der Waals surface area contributed by atoms with Gasteiger partial charge >= 0.3 is 0 Å². The summed E-state index contributed by atoms with van der Waals surface area (Å²) in [5.74, 6) is 0.855. The molecule has 1 fully saturated rings. The van der Waals surface area contributed by atoms with Gasteiger partial charge < -0.3 is 5.73 Å². The topological polar surface area (TPSA) is 60.2 Å². The van der Waals surface area contributed by atoms with Crippen molar-refractivity contribution < 1.29 is 8.42 Å². The molecule has 1 rings (SSSR count). The SMILES string of the molecule is CC(C)S(=O)(=O)CCC1CCCCC(N)C1. The summed E-state index contributed by atoms with van der Waals surface area (Å²) in [6.07, 6.45) is 6.48. The molecule has 1 aliphatic carbocycles. The third-order valence-corrected chi connectivity index (χ3v) is 5.84. The first-order valence-electron chi connectivity index (χ1n) is 6.39. The van der Waals surface area contributed by atoms with Crippen LogP contribution in [0.25, 0.3) is 0 Å². The predicted octanol–water partition coefficient (Wildman–Crippen LogP) is 2.11. The van der Waals surface area contributed by atoms with Crippen molar-refractivity contribution in [2.75, 3.05) is 5.75 Å². The van der Waals surface area contributed by atoms with Gasteiger partial charge in [0.05, 0.1) is 11.0 Å². The lowest BCUT2D eigenvalue weighted by atomic mass is 9.96. The Labute approximate surface area is 99.7 Å². The standard InChI is InChI=1S/C12H25NO2S/c1-10(2)16(14,15)8-7-11-5-3-4-6-12(13)9-11/h10-12H,3-9,13H2,1-2H3. The third kappa shape index (κ3) is 4.42. The second kappa shape index (κ2) is 6.01. The molecule has 96 valence electrons. The molecular weight excluding hydrogens is 222 g/mol. The highest BCUT2D eigenvalue weighted by atomic mass is 32.2. The summed E-state index contributed by atoms with van der Waals surface area (Å²) < 4.78 is 23.4. The molecule has 0 spiro atoms. The van der Waals surface area contributed by atoms with Gasteiger partial charge in [0.15, 0.2) is 9.84 Å². The van der Waals surface area contributed by atoms with Crippen molar-refractivity contribution in [3.8, 4) is 0 Å². The highest BCUT2D eigenvalue weighted by Gasteiger charge is 2.22.